The molecule has 5 nitrogen and oxygen atoms in total. The molecule has 1 aliphatic carbocycles. The van der Waals surface area contributed by atoms with Crippen LogP contribution in [0.15, 0.2) is 29.3 Å². The van der Waals surface area contributed by atoms with Crippen molar-refractivity contribution in [2.45, 2.75) is 51.5 Å². The van der Waals surface area contributed by atoms with E-state index in [0.29, 0.717) is 12.1 Å². The molecular weight excluding hydrogens is 324 g/mol. The van der Waals surface area contributed by atoms with Crippen LogP contribution in [0.5, 0.6) is 0 Å². The number of carbonyl (C=O) groups excluding carboxylic acids is 1. The lowest BCUT2D eigenvalue weighted by molar-refractivity contribution is 0.0827. The number of benzene rings is 1. The molecule has 1 saturated carbocycles. The van der Waals surface area contributed by atoms with Crippen molar-refractivity contribution < 1.29 is 4.79 Å². The van der Waals surface area contributed by atoms with Crippen molar-refractivity contribution in [1.82, 2.24) is 15.5 Å². The van der Waals surface area contributed by atoms with Crippen LogP contribution in [0, 0.1) is 5.92 Å². The molecule has 1 aromatic rings. The monoisotopic (exact) mass is 358 g/mol. The highest BCUT2D eigenvalue weighted by Gasteiger charge is 2.12. The number of nitrogens with zero attached hydrogens (tertiary/aromatic N) is 2. The second kappa shape index (κ2) is 10.8. The van der Waals surface area contributed by atoms with Gasteiger partial charge in [0.2, 0.25) is 0 Å². The highest BCUT2D eigenvalue weighted by Crippen LogP contribution is 2.21. The molecule has 144 valence electrons. The lowest BCUT2D eigenvalue weighted by atomic mass is 9.91. The molecule has 0 unspecified atom stereocenters. The minimum atomic E-state index is 0.0289. The van der Waals surface area contributed by atoms with Gasteiger partial charge in [-0.15, -0.1) is 0 Å². The van der Waals surface area contributed by atoms with Crippen molar-refractivity contribution in [2.75, 3.05) is 27.7 Å². The fraction of sp³-hybridized carbons (Fsp3) is 0.619. The second-order valence-corrected chi connectivity index (χ2v) is 7.41. The van der Waals surface area contributed by atoms with Gasteiger partial charge in [-0.3, -0.25) is 9.79 Å². The molecule has 2 N–H and O–H groups in total. The molecule has 0 saturated heterocycles. The fourth-order valence-electron chi connectivity index (χ4n) is 3.42. The Kier molecular flexibility index (Phi) is 8.45. The number of carbonyl (C=O) groups is 1. The first-order valence-corrected chi connectivity index (χ1v) is 9.85. The number of hydrogen-bond acceptors (Lipinski definition) is 2. The maximum absolute atomic E-state index is 11.9. The second-order valence-electron chi connectivity index (χ2n) is 7.41. The van der Waals surface area contributed by atoms with E-state index in [4.69, 9.17) is 0 Å². The van der Waals surface area contributed by atoms with Crippen LogP contribution in [-0.2, 0) is 6.54 Å². The van der Waals surface area contributed by atoms with Crippen molar-refractivity contribution in [2.24, 2.45) is 10.9 Å². The van der Waals surface area contributed by atoms with E-state index in [1.165, 1.54) is 44.9 Å². The van der Waals surface area contributed by atoms with Crippen molar-refractivity contribution in [3.05, 3.63) is 35.4 Å². The average molecular weight is 359 g/mol. The number of amides is 1. The molecule has 0 bridgehead atoms. The summed E-state index contributed by atoms with van der Waals surface area (Å²) in [6.45, 7) is 1.69. The Bertz CT molecular complexity index is 572. The molecule has 26 heavy (non-hydrogen) atoms. The highest BCUT2D eigenvalue weighted by molar-refractivity contribution is 5.93. The number of nitrogens with one attached hydrogen (secondary N) is 2. The molecule has 1 fully saturated rings. The molecule has 0 heterocycles. The summed E-state index contributed by atoms with van der Waals surface area (Å²) in [6, 6.07) is 7.74. The normalized spacial score (nSPS) is 16.5. The summed E-state index contributed by atoms with van der Waals surface area (Å²) in [4.78, 5) is 17.9. The molecule has 0 spiro atoms. The molecule has 0 aromatic heterocycles. The van der Waals surface area contributed by atoms with Gasteiger partial charge in [-0.05, 0) is 36.5 Å². The van der Waals surface area contributed by atoms with Gasteiger partial charge in [0.1, 0.15) is 0 Å². The SMILES string of the molecule is CN=C(NCc1ccc(C(=O)N(C)C)cc1)NCC1CCCCCCC1. The van der Waals surface area contributed by atoms with Crippen molar-refractivity contribution in [3.8, 4) is 0 Å². The number of rotatable bonds is 5. The zero-order valence-corrected chi connectivity index (χ0v) is 16.6. The predicted molar refractivity (Wildman–Crippen MR) is 108 cm³/mol. The van der Waals surface area contributed by atoms with E-state index in [9.17, 15) is 4.79 Å². The molecule has 1 amide bonds. The maximum atomic E-state index is 11.9. The van der Waals surface area contributed by atoms with Crippen LogP contribution >= 0.6 is 0 Å². The van der Waals surface area contributed by atoms with Crippen LogP contribution in [0.25, 0.3) is 0 Å². The third-order valence-electron chi connectivity index (χ3n) is 5.07. The Hall–Kier alpha value is -2.04. The van der Waals surface area contributed by atoms with Crippen molar-refractivity contribution >= 4 is 11.9 Å². The summed E-state index contributed by atoms with van der Waals surface area (Å²) in [6.07, 6.45) is 9.54. The molecule has 2 rings (SSSR count). The zero-order chi connectivity index (χ0) is 18.8. The Morgan fingerprint density at radius 1 is 1.04 bits per heavy atom. The van der Waals surface area contributed by atoms with Gasteiger partial charge in [0, 0.05) is 39.8 Å². The molecule has 0 aliphatic heterocycles. The van der Waals surface area contributed by atoms with Gasteiger partial charge in [0.25, 0.3) is 5.91 Å². The zero-order valence-electron chi connectivity index (χ0n) is 16.6. The van der Waals surface area contributed by atoms with E-state index in [1.54, 1.807) is 19.0 Å². The molecular formula is C21H34N4O. The fourth-order valence-corrected chi connectivity index (χ4v) is 3.42. The van der Waals surface area contributed by atoms with Gasteiger partial charge in [0.05, 0.1) is 0 Å². The molecule has 1 aliphatic rings. The van der Waals surface area contributed by atoms with Gasteiger partial charge in [-0.2, -0.15) is 0 Å². The average Bonchev–Trinajstić information content (AvgIpc) is 2.62. The van der Waals surface area contributed by atoms with E-state index < -0.39 is 0 Å². The van der Waals surface area contributed by atoms with Crippen molar-refractivity contribution in [1.29, 1.82) is 0 Å². The lowest BCUT2D eigenvalue weighted by Crippen LogP contribution is -2.39. The summed E-state index contributed by atoms with van der Waals surface area (Å²) in [5.74, 6) is 1.63. The first-order valence-electron chi connectivity index (χ1n) is 9.85. The van der Waals surface area contributed by atoms with E-state index in [0.717, 1.165) is 24.0 Å². The van der Waals surface area contributed by atoms with Crippen LogP contribution < -0.4 is 10.6 Å². The third-order valence-corrected chi connectivity index (χ3v) is 5.07. The Morgan fingerprint density at radius 3 is 2.23 bits per heavy atom. The minimum absolute atomic E-state index is 0.0289. The van der Waals surface area contributed by atoms with Crippen LogP contribution in [0.3, 0.4) is 0 Å². The van der Waals surface area contributed by atoms with Gasteiger partial charge >= 0.3 is 0 Å². The molecule has 0 atom stereocenters. The summed E-state index contributed by atoms with van der Waals surface area (Å²) in [7, 11) is 5.35. The molecule has 1 aromatic carbocycles. The number of hydrogen-bond donors (Lipinski definition) is 2. The Morgan fingerprint density at radius 2 is 1.65 bits per heavy atom. The van der Waals surface area contributed by atoms with Gasteiger partial charge in [-0.1, -0.05) is 44.2 Å². The van der Waals surface area contributed by atoms with Crippen LogP contribution in [-0.4, -0.2) is 44.5 Å². The van der Waals surface area contributed by atoms with Crippen LogP contribution in [0.2, 0.25) is 0 Å². The van der Waals surface area contributed by atoms with Crippen LogP contribution in [0.4, 0.5) is 0 Å². The number of guanidine groups is 1. The Labute approximate surface area is 158 Å². The van der Waals surface area contributed by atoms with Gasteiger partial charge < -0.3 is 15.5 Å². The van der Waals surface area contributed by atoms with Crippen molar-refractivity contribution in [3.63, 3.8) is 0 Å². The largest absolute Gasteiger partial charge is 0.356 e. The highest BCUT2D eigenvalue weighted by atomic mass is 16.2. The summed E-state index contributed by atoms with van der Waals surface area (Å²) in [5.41, 5.74) is 1.85. The van der Waals surface area contributed by atoms with Gasteiger partial charge in [-0.25, -0.2) is 0 Å². The lowest BCUT2D eigenvalue weighted by Gasteiger charge is -2.21. The van der Waals surface area contributed by atoms with E-state index in [2.05, 4.69) is 15.6 Å². The van der Waals surface area contributed by atoms with Crippen LogP contribution in [0.1, 0.15) is 60.9 Å². The maximum Gasteiger partial charge on any atom is 0.253 e. The first-order chi connectivity index (χ1) is 12.6. The quantitative estimate of drug-likeness (QED) is 0.626. The third kappa shape index (κ3) is 6.70. The Balaban J connectivity index is 1.78. The van der Waals surface area contributed by atoms with Gasteiger partial charge in [0.15, 0.2) is 5.96 Å². The summed E-state index contributed by atoms with van der Waals surface area (Å²) in [5, 5.41) is 6.85. The summed E-state index contributed by atoms with van der Waals surface area (Å²) < 4.78 is 0. The standard InChI is InChI=1S/C21H34N4O/c1-22-21(23-15-17-9-7-5-4-6-8-10-17)24-16-18-11-13-19(14-12-18)20(26)25(2)3/h11-14,17H,4-10,15-16H2,1-3H3,(H2,22,23,24). The van der Waals surface area contributed by atoms with E-state index >= 15 is 0 Å². The topological polar surface area (TPSA) is 56.7 Å². The van der Waals surface area contributed by atoms with E-state index in [1.807, 2.05) is 31.3 Å². The first kappa shape index (κ1) is 20.3. The molecule has 0 radical (unpaired) electrons. The smallest absolute Gasteiger partial charge is 0.253 e. The number of aliphatic imine (C=N–C) groups is 1. The van der Waals surface area contributed by atoms with E-state index in [-0.39, 0.29) is 5.91 Å². The molecule has 5 heteroatoms. The summed E-state index contributed by atoms with van der Waals surface area (Å²) >= 11 is 0. The predicted octanol–water partition coefficient (Wildman–Crippen LogP) is 3.41. The minimum Gasteiger partial charge on any atom is -0.356 e.